The Kier molecular flexibility index (Phi) is 3.92. The maximum Gasteiger partial charge on any atom is 0.175 e. The van der Waals surface area contributed by atoms with E-state index in [-0.39, 0.29) is 5.41 Å². The molecule has 0 saturated heterocycles. The largest absolute Gasteiger partial charge is 0.493 e. The van der Waals surface area contributed by atoms with E-state index >= 15 is 0 Å². The second kappa shape index (κ2) is 5.13. The lowest BCUT2D eigenvalue weighted by molar-refractivity contribution is 0.0828. The summed E-state index contributed by atoms with van der Waals surface area (Å²) < 4.78 is 28.6. The first-order valence-electron chi connectivity index (χ1n) is 5.99. The molecule has 0 radical (unpaired) electrons. The third kappa shape index (κ3) is 3.01. The molecule has 1 aromatic rings. The van der Waals surface area contributed by atoms with Gasteiger partial charge in [-0.1, -0.05) is 12.5 Å². The summed E-state index contributed by atoms with van der Waals surface area (Å²) in [5.74, 6) is 1.43. The van der Waals surface area contributed by atoms with Gasteiger partial charge in [0.15, 0.2) is 9.84 Å². The Morgan fingerprint density at radius 2 is 2.11 bits per heavy atom. The molecule has 5 heteroatoms. The minimum absolute atomic E-state index is 0.185. The van der Waals surface area contributed by atoms with Crippen LogP contribution < -0.4 is 4.74 Å². The summed E-state index contributed by atoms with van der Waals surface area (Å²) in [5.41, 5.74) is 0.185. The molecule has 1 saturated carbocycles. The number of sulfone groups is 1. The number of rotatable bonds is 5. The predicted molar refractivity (Wildman–Crippen MR) is 75.2 cm³/mol. The van der Waals surface area contributed by atoms with E-state index in [1.807, 2.05) is 0 Å². The van der Waals surface area contributed by atoms with E-state index in [9.17, 15) is 8.42 Å². The molecule has 1 aliphatic rings. The molecule has 0 aromatic heterocycles. The lowest BCUT2D eigenvalue weighted by Gasteiger charge is -2.40. The maximum absolute atomic E-state index is 11.4. The van der Waals surface area contributed by atoms with Crippen LogP contribution in [0.15, 0.2) is 29.2 Å². The zero-order valence-corrected chi connectivity index (χ0v) is 12.1. The molecule has 1 aromatic carbocycles. The highest BCUT2D eigenvalue weighted by atomic mass is 32.2. The second-order valence-corrected chi connectivity index (χ2v) is 7.38. The zero-order valence-electron chi connectivity index (χ0n) is 10.4. The van der Waals surface area contributed by atoms with Crippen molar-refractivity contribution in [1.82, 2.24) is 0 Å². The Labute approximate surface area is 114 Å². The van der Waals surface area contributed by atoms with Crippen LogP contribution in [0.2, 0.25) is 0 Å². The van der Waals surface area contributed by atoms with Crippen molar-refractivity contribution < 1.29 is 13.2 Å². The Balaban J connectivity index is 2.06. The van der Waals surface area contributed by atoms with Crippen LogP contribution in [-0.2, 0) is 9.84 Å². The molecule has 0 aliphatic heterocycles. The Morgan fingerprint density at radius 3 is 2.61 bits per heavy atom. The molecule has 2 rings (SSSR count). The zero-order chi connectivity index (χ0) is 13.2. The van der Waals surface area contributed by atoms with Gasteiger partial charge >= 0.3 is 0 Å². The van der Waals surface area contributed by atoms with Crippen LogP contribution in [0.4, 0.5) is 0 Å². The topological polar surface area (TPSA) is 43.4 Å². The molecule has 18 heavy (non-hydrogen) atoms. The Hall–Kier alpha value is -0.680. The summed E-state index contributed by atoms with van der Waals surface area (Å²) in [6, 6.07) is 6.67. The lowest BCUT2D eigenvalue weighted by Crippen LogP contribution is -2.37. The summed E-state index contributed by atoms with van der Waals surface area (Å²) in [6.07, 6.45) is 4.71. The third-order valence-corrected chi connectivity index (χ3v) is 5.31. The van der Waals surface area contributed by atoms with Crippen molar-refractivity contribution in [2.75, 3.05) is 18.6 Å². The summed E-state index contributed by atoms with van der Waals surface area (Å²) in [7, 11) is -3.17. The van der Waals surface area contributed by atoms with Gasteiger partial charge in [0, 0.05) is 11.7 Å². The summed E-state index contributed by atoms with van der Waals surface area (Å²) in [6.45, 7) is 0.615. The van der Waals surface area contributed by atoms with E-state index in [2.05, 4.69) is 12.6 Å². The highest BCUT2D eigenvalue weighted by molar-refractivity contribution is 7.90. The second-order valence-electron chi connectivity index (χ2n) is 5.05. The number of benzene rings is 1. The smallest absolute Gasteiger partial charge is 0.175 e. The molecule has 0 spiro atoms. The average molecular weight is 286 g/mol. The first kappa shape index (κ1) is 13.7. The van der Waals surface area contributed by atoms with Crippen molar-refractivity contribution in [3.8, 4) is 5.75 Å². The van der Waals surface area contributed by atoms with Gasteiger partial charge in [0.1, 0.15) is 5.75 Å². The highest BCUT2D eigenvalue weighted by Gasteiger charge is 2.36. The lowest BCUT2D eigenvalue weighted by atomic mass is 9.71. The van der Waals surface area contributed by atoms with Crippen LogP contribution >= 0.6 is 12.6 Å². The van der Waals surface area contributed by atoms with Gasteiger partial charge in [0.25, 0.3) is 0 Å². The van der Waals surface area contributed by atoms with E-state index in [1.165, 1.54) is 12.7 Å². The summed E-state index contributed by atoms with van der Waals surface area (Å²) in [4.78, 5) is 0.300. The molecule has 1 fully saturated rings. The van der Waals surface area contributed by atoms with Gasteiger partial charge in [-0.15, -0.1) is 0 Å². The number of thiol groups is 1. The van der Waals surface area contributed by atoms with Crippen molar-refractivity contribution in [3.63, 3.8) is 0 Å². The van der Waals surface area contributed by atoms with Crippen molar-refractivity contribution in [3.05, 3.63) is 24.3 Å². The van der Waals surface area contributed by atoms with E-state index in [0.29, 0.717) is 17.3 Å². The number of hydrogen-bond donors (Lipinski definition) is 1. The van der Waals surface area contributed by atoms with E-state index in [4.69, 9.17) is 4.74 Å². The van der Waals surface area contributed by atoms with Gasteiger partial charge in [-0.05, 0) is 36.8 Å². The van der Waals surface area contributed by atoms with Crippen LogP contribution in [-0.4, -0.2) is 27.0 Å². The molecule has 0 bridgehead atoms. The Morgan fingerprint density at radius 1 is 1.39 bits per heavy atom. The maximum atomic E-state index is 11.4. The van der Waals surface area contributed by atoms with E-state index in [1.54, 1.807) is 24.3 Å². The third-order valence-electron chi connectivity index (χ3n) is 3.53. The average Bonchev–Trinajstić information content (AvgIpc) is 2.27. The fraction of sp³-hybridized carbons (Fsp3) is 0.538. The molecule has 100 valence electrons. The van der Waals surface area contributed by atoms with Gasteiger partial charge in [-0.25, -0.2) is 8.42 Å². The minimum Gasteiger partial charge on any atom is -0.493 e. The van der Waals surface area contributed by atoms with E-state index in [0.717, 1.165) is 18.6 Å². The molecular formula is C13H18O3S2. The molecule has 0 atom stereocenters. The molecule has 0 amide bonds. The van der Waals surface area contributed by atoms with Crippen LogP contribution in [0.25, 0.3) is 0 Å². The van der Waals surface area contributed by atoms with Crippen molar-refractivity contribution in [2.45, 2.75) is 24.2 Å². The van der Waals surface area contributed by atoms with E-state index < -0.39 is 9.84 Å². The van der Waals surface area contributed by atoms with Gasteiger partial charge < -0.3 is 4.74 Å². The minimum atomic E-state index is -3.17. The monoisotopic (exact) mass is 286 g/mol. The molecule has 1 aliphatic carbocycles. The molecule has 0 heterocycles. The van der Waals surface area contributed by atoms with Gasteiger partial charge in [-0.3, -0.25) is 0 Å². The predicted octanol–water partition coefficient (Wildman–Crippen LogP) is 2.57. The fourth-order valence-electron chi connectivity index (χ4n) is 2.06. The highest BCUT2D eigenvalue weighted by Crippen LogP contribution is 2.42. The van der Waals surface area contributed by atoms with Gasteiger partial charge in [0.05, 0.1) is 11.5 Å². The van der Waals surface area contributed by atoms with Crippen LogP contribution in [0.3, 0.4) is 0 Å². The van der Waals surface area contributed by atoms with Crippen LogP contribution in [0.1, 0.15) is 19.3 Å². The first-order valence-corrected chi connectivity index (χ1v) is 8.51. The van der Waals surface area contributed by atoms with Crippen LogP contribution in [0, 0.1) is 5.41 Å². The summed E-state index contributed by atoms with van der Waals surface area (Å²) in [5, 5.41) is 0. The fourth-order valence-corrected chi connectivity index (χ4v) is 3.12. The molecule has 0 N–H and O–H groups in total. The molecular weight excluding hydrogens is 268 g/mol. The van der Waals surface area contributed by atoms with Crippen molar-refractivity contribution in [2.24, 2.45) is 5.41 Å². The standard InChI is InChI=1S/C13H18O3S2/c1-18(14,15)12-5-2-4-11(8-12)16-9-13(10-17)6-3-7-13/h2,4-5,8,17H,3,6-7,9-10H2,1H3. The van der Waals surface area contributed by atoms with Gasteiger partial charge in [-0.2, -0.15) is 12.6 Å². The molecule has 0 unspecified atom stereocenters. The quantitative estimate of drug-likeness (QED) is 0.846. The van der Waals surface area contributed by atoms with Crippen molar-refractivity contribution in [1.29, 1.82) is 0 Å². The first-order chi connectivity index (χ1) is 8.45. The summed E-state index contributed by atoms with van der Waals surface area (Å²) >= 11 is 4.37. The SMILES string of the molecule is CS(=O)(=O)c1cccc(OCC2(CS)CCC2)c1. The van der Waals surface area contributed by atoms with Crippen molar-refractivity contribution >= 4 is 22.5 Å². The van der Waals surface area contributed by atoms with Gasteiger partial charge in [0.2, 0.25) is 0 Å². The number of ether oxygens (including phenoxy) is 1. The Bertz CT molecular complexity index is 513. The normalized spacial score (nSPS) is 18.1. The molecule has 3 nitrogen and oxygen atoms in total. The number of hydrogen-bond acceptors (Lipinski definition) is 4. The van der Waals surface area contributed by atoms with Crippen LogP contribution in [0.5, 0.6) is 5.75 Å².